The van der Waals surface area contributed by atoms with E-state index in [1.165, 1.54) is 4.90 Å². The van der Waals surface area contributed by atoms with Gasteiger partial charge >= 0.3 is 12.1 Å². The highest BCUT2D eigenvalue weighted by molar-refractivity contribution is 5.82. The number of benzene rings is 2. The number of fused-ring (bicyclic) bond motifs is 3. The monoisotopic (exact) mass is 452 g/mol. The lowest BCUT2D eigenvalue weighted by Crippen LogP contribution is -2.41. The van der Waals surface area contributed by atoms with Gasteiger partial charge in [0.2, 0.25) is 5.91 Å². The maximum Gasteiger partial charge on any atom is 0.407 e. The van der Waals surface area contributed by atoms with Gasteiger partial charge in [-0.1, -0.05) is 48.5 Å². The average Bonchev–Trinajstić information content (AvgIpc) is 3.56. The molecule has 0 spiro atoms. The van der Waals surface area contributed by atoms with Gasteiger partial charge in [-0.2, -0.15) is 0 Å². The van der Waals surface area contributed by atoms with Gasteiger partial charge < -0.3 is 25.2 Å². The van der Waals surface area contributed by atoms with E-state index in [4.69, 9.17) is 9.84 Å². The molecule has 0 saturated heterocycles. The molecule has 0 radical (unpaired) electrons. The number of nitrogens with zero attached hydrogens (tertiary/aromatic N) is 1. The van der Waals surface area contributed by atoms with E-state index in [0.717, 1.165) is 35.1 Å². The van der Waals surface area contributed by atoms with Gasteiger partial charge in [0, 0.05) is 19.0 Å². The molecule has 2 aromatic carbocycles. The third-order valence-corrected chi connectivity index (χ3v) is 6.09. The van der Waals surface area contributed by atoms with Crippen LogP contribution in [0.5, 0.6) is 0 Å². The number of nitrogens with one attached hydrogen (secondary N) is 1. The summed E-state index contributed by atoms with van der Waals surface area (Å²) in [5, 5.41) is 21.7. The largest absolute Gasteiger partial charge is 0.480 e. The van der Waals surface area contributed by atoms with Crippen LogP contribution in [0.25, 0.3) is 11.1 Å². The summed E-state index contributed by atoms with van der Waals surface area (Å²) in [5.74, 6) is -1.26. The number of hydrogen-bond donors (Lipinski definition) is 3. The smallest absolute Gasteiger partial charge is 0.407 e. The van der Waals surface area contributed by atoms with Gasteiger partial charge in [0.1, 0.15) is 13.2 Å². The van der Waals surface area contributed by atoms with Gasteiger partial charge in [-0.3, -0.25) is 9.59 Å². The summed E-state index contributed by atoms with van der Waals surface area (Å²) in [6.45, 7) is -0.00502. The Hall–Kier alpha value is -3.39. The fourth-order valence-electron chi connectivity index (χ4n) is 4.28. The minimum Gasteiger partial charge on any atom is -0.480 e. The van der Waals surface area contributed by atoms with Crippen molar-refractivity contribution in [3.05, 3.63) is 59.7 Å². The lowest BCUT2D eigenvalue weighted by Gasteiger charge is -2.22. The maximum atomic E-state index is 12.4. The highest BCUT2D eigenvalue weighted by Crippen LogP contribution is 2.44. The number of aliphatic carboxylic acids is 1. The number of aliphatic hydroxyl groups is 1. The Balaban J connectivity index is 1.26. The van der Waals surface area contributed by atoms with E-state index >= 15 is 0 Å². The number of carbonyl (C=O) groups is 3. The SMILES string of the molecule is O=C(O)CN(CC1CC1)C(=O)CC(O)CNC(=O)OCC1c2ccccc2-c2ccccc21. The van der Waals surface area contributed by atoms with E-state index in [9.17, 15) is 19.5 Å². The molecule has 0 heterocycles. The van der Waals surface area contributed by atoms with Crippen molar-refractivity contribution in [3.8, 4) is 11.1 Å². The second-order valence-electron chi connectivity index (χ2n) is 8.68. The maximum absolute atomic E-state index is 12.4. The molecule has 2 aliphatic rings. The molecule has 8 heteroatoms. The van der Waals surface area contributed by atoms with Crippen molar-refractivity contribution in [3.63, 3.8) is 0 Å². The molecule has 1 atom stereocenters. The Kier molecular flexibility index (Phi) is 6.93. The van der Waals surface area contributed by atoms with E-state index in [0.29, 0.717) is 12.5 Å². The van der Waals surface area contributed by atoms with Gasteiger partial charge in [-0.05, 0) is 41.0 Å². The van der Waals surface area contributed by atoms with Crippen molar-refractivity contribution in [1.29, 1.82) is 0 Å². The number of carboxylic acid groups (broad SMARTS) is 1. The summed E-state index contributed by atoms with van der Waals surface area (Å²) in [6, 6.07) is 16.1. The number of ether oxygens (including phenoxy) is 1. The van der Waals surface area contributed by atoms with Crippen LogP contribution in [-0.2, 0) is 14.3 Å². The Bertz CT molecular complexity index is 990. The van der Waals surface area contributed by atoms with Crippen LogP contribution in [0.1, 0.15) is 36.3 Å². The molecule has 1 saturated carbocycles. The average molecular weight is 453 g/mol. The number of hydrogen-bond acceptors (Lipinski definition) is 5. The quantitative estimate of drug-likeness (QED) is 0.510. The Morgan fingerprint density at radius 1 is 1.03 bits per heavy atom. The van der Waals surface area contributed by atoms with Crippen molar-refractivity contribution < 1.29 is 29.3 Å². The van der Waals surface area contributed by atoms with Crippen LogP contribution in [0.4, 0.5) is 4.79 Å². The highest BCUT2D eigenvalue weighted by Gasteiger charge is 2.30. The number of rotatable bonds is 10. The van der Waals surface area contributed by atoms with E-state index in [1.807, 2.05) is 36.4 Å². The third-order valence-electron chi connectivity index (χ3n) is 6.09. The lowest BCUT2D eigenvalue weighted by atomic mass is 9.98. The molecule has 3 N–H and O–H groups in total. The van der Waals surface area contributed by atoms with Crippen LogP contribution < -0.4 is 5.32 Å². The summed E-state index contributed by atoms with van der Waals surface area (Å²) < 4.78 is 5.42. The molecule has 1 unspecified atom stereocenters. The van der Waals surface area contributed by atoms with Crippen LogP contribution in [0.3, 0.4) is 0 Å². The van der Waals surface area contributed by atoms with Crippen molar-refractivity contribution in [1.82, 2.24) is 10.2 Å². The standard InChI is InChI=1S/C25H28N2O6/c28-17(11-23(29)27(14-24(30)31)13-16-9-10-16)12-26-25(32)33-15-22-20-7-3-1-5-18(20)19-6-2-4-8-21(19)22/h1-8,16-17,22,28H,9-15H2,(H,26,32)(H,30,31). The van der Waals surface area contributed by atoms with Gasteiger partial charge in [0.15, 0.2) is 0 Å². The van der Waals surface area contributed by atoms with Crippen LogP contribution in [0.2, 0.25) is 0 Å². The molecule has 0 aromatic heterocycles. The van der Waals surface area contributed by atoms with Crippen LogP contribution in [0.15, 0.2) is 48.5 Å². The van der Waals surface area contributed by atoms with Crippen LogP contribution in [0, 0.1) is 5.92 Å². The molecule has 1 fully saturated rings. The molecule has 8 nitrogen and oxygen atoms in total. The molecule has 2 aromatic rings. The van der Waals surface area contributed by atoms with Crippen molar-refractivity contribution >= 4 is 18.0 Å². The molecular weight excluding hydrogens is 424 g/mol. The van der Waals surface area contributed by atoms with E-state index < -0.39 is 24.1 Å². The summed E-state index contributed by atoms with van der Waals surface area (Å²) in [5.41, 5.74) is 4.47. The highest BCUT2D eigenvalue weighted by atomic mass is 16.5. The Labute approximate surface area is 192 Å². The Morgan fingerprint density at radius 2 is 1.64 bits per heavy atom. The first kappa shape index (κ1) is 22.8. The second-order valence-corrected chi connectivity index (χ2v) is 8.68. The zero-order chi connectivity index (χ0) is 23.4. The zero-order valence-corrected chi connectivity index (χ0v) is 18.3. The molecule has 4 rings (SSSR count). The summed E-state index contributed by atoms with van der Waals surface area (Å²) in [4.78, 5) is 36.9. The minimum atomic E-state index is -1.13. The lowest BCUT2D eigenvalue weighted by molar-refractivity contribution is -0.145. The first-order valence-corrected chi connectivity index (χ1v) is 11.2. The predicted octanol–water partition coefficient (Wildman–Crippen LogP) is 2.60. The molecule has 0 aliphatic heterocycles. The van der Waals surface area contributed by atoms with Crippen molar-refractivity contribution in [2.75, 3.05) is 26.2 Å². The minimum absolute atomic E-state index is 0.0679. The number of alkyl carbamates (subject to hydrolysis) is 1. The van der Waals surface area contributed by atoms with Crippen LogP contribution >= 0.6 is 0 Å². The molecule has 2 aliphatic carbocycles. The van der Waals surface area contributed by atoms with Crippen molar-refractivity contribution in [2.45, 2.75) is 31.3 Å². The molecule has 2 amide bonds. The van der Waals surface area contributed by atoms with Gasteiger partial charge in [0.25, 0.3) is 0 Å². The number of aliphatic hydroxyl groups excluding tert-OH is 1. The normalized spacial score (nSPS) is 15.3. The number of carbonyl (C=O) groups excluding carboxylic acids is 2. The van der Waals surface area contributed by atoms with Gasteiger partial charge in [0.05, 0.1) is 12.5 Å². The third kappa shape index (κ3) is 5.70. The first-order valence-electron chi connectivity index (χ1n) is 11.2. The molecule has 33 heavy (non-hydrogen) atoms. The predicted molar refractivity (Wildman–Crippen MR) is 121 cm³/mol. The topological polar surface area (TPSA) is 116 Å². The summed E-state index contributed by atoms with van der Waals surface area (Å²) in [6.07, 6.45) is -0.106. The fraction of sp³-hybridized carbons (Fsp3) is 0.400. The Morgan fingerprint density at radius 3 is 2.21 bits per heavy atom. The van der Waals surface area contributed by atoms with Gasteiger partial charge in [-0.25, -0.2) is 4.79 Å². The number of carboxylic acids is 1. The number of amides is 2. The van der Waals surface area contributed by atoms with Crippen LogP contribution in [-0.4, -0.2) is 65.4 Å². The first-order chi connectivity index (χ1) is 15.9. The van der Waals surface area contributed by atoms with E-state index in [1.54, 1.807) is 0 Å². The zero-order valence-electron chi connectivity index (χ0n) is 18.3. The molecule has 174 valence electrons. The molecular formula is C25H28N2O6. The fourth-order valence-corrected chi connectivity index (χ4v) is 4.28. The van der Waals surface area contributed by atoms with Crippen molar-refractivity contribution in [2.24, 2.45) is 5.92 Å². The second kappa shape index (κ2) is 10.0. The molecule has 0 bridgehead atoms. The summed E-state index contributed by atoms with van der Waals surface area (Å²) in [7, 11) is 0. The summed E-state index contributed by atoms with van der Waals surface area (Å²) >= 11 is 0. The van der Waals surface area contributed by atoms with E-state index in [2.05, 4.69) is 17.4 Å². The van der Waals surface area contributed by atoms with Gasteiger partial charge in [-0.15, -0.1) is 0 Å². The van der Waals surface area contributed by atoms with E-state index in [-0.39, 0.29) is 32.0 Å².